The number of hydrogen-bond acceptors (Lipinski definition) is 4. The fraction of sp³-hybridized carbons (Fsp3) is 0.375. The minimum atomic E-state index is -1.25. The molecule has 4 rings (SSSR count). The summed E-state index contributed by atoms with van der Waals surface area (Å²) in [5.41, 5.74) is 3.32. The van der Waals surface area contributed by atoms with Gasteiger partial charge in [-0.1, -0.05) is 48.5 Å². The number of alkyl carbamates (subject to hydrolysis) is 1. The number of amides is 2. The first kappa shape index (κ1) is 20.9. The van der Waals surface area contributed by atoms with Gasteiger partial charge in [0, 0.05) is 18.9 Å². The molecule has 0 heterocycles. The molecule has 1 unspecified atom stereocenters. The van der Waals surface area contributed by atoms with Crippen molar-refractivity contribution < 1.29 is 24.2 Å². The number of nitrogens with one attached hydrogen (secondary N) is 2. The molecule has 1 atom stereocenters. The monoisotopic (exact) mass is 422 g/mol. The Kier molecular flexibility index (Phi) is 5.67. The fourth-order valence-electron chi connectivity index (χ4n) is 4.27. The number of carboxylic acid groups (broad SMARTS) is 1. The Morgan fingerprint density at radius 3 is 2.16 bits per heavy atom. The highest BCUT2D eigenvalue weighted by molar-refractivity contribution is 5.87. The zero-order valence-corrected chi connectivity index (χ0v) is 17.4. The van der Waals surface area contributed by atoms with Crippen LogP contribution >= 0.6 is 0 Å². The molecular weight excluding hydrogens is 396 g/mol. The Balaban J connectivity index is 1.27. The number of aliphatic carboxylic acids is 1. The van der Waals surface area contributed by atoms with E-state index in [1.54, 1.807) is 0 Å². The standard InChI is InChI=1S/C24H26N2O5/c1-24(22(28)29,15-10-11-15)26-21(27)12-13-25-23(30)31-14-20-18-8-4-2-6-16(18)17-7-3-5-9-19(17)20/h2-9,15,20H,10-14H2,1H3,(H,25,30)(H,26,27)(H,28,29). The number of benzene rings is 2. The lowest BCUT2D eigenvalue weighted by Gasteiger charge is -2.26. The minimum Gasteiger partial charge on any atom is -0.480 e. The van der Waals surface area contributed by atoms with Crippen LogP contribution < -0.4 is 10.6 Å². The van der Waals surface area contributed by atoms with E-state index < -0.39 is 23.5 Å². The Labute approximate surface area is 180 Å². The summed E-state index contributed by atoms with van der Waals surface area (Å²) in [6.07, 6.45) is 0.972. The summed E-state index contributed by atoms with van der Waals surface area (Å²) >= 11 is 0. The van der Waals surface area contributed by atoms with Crippen LogP contribution in [0.1, 0.15) is 43.2 Å². The maximum absolute atomic E-state index is 12.2. The van der Waals surface area contributed by atoms with Gasteiger partial charge in [0.2, 0.25) is 5.91 Å². The fourth-order valence-corrected chi connectivity index (χ4v) is 4.27. The third kappa shape index (κ3) is 4.26. The summed E-state index contributed by atoms with van der Waals surface area (Å²) in [4.78, 5) is 35.8. The second kappa shape index (κ2) is 8.41. The molecule has 2 aromatic carbocycles. The van der Waals surface area contributed by atoms with Crippen LogP contribution in [0.15, 0.2) is 48.5 Å². The molecule has 2 aromatic rings. The normalized spacial score (nSPS) is 16.5. The molecule has 1 saturated carbocycles. The summed E-state index contributed by atoms with van der Waals surface area (Å²) in [5, 5.41) is 14.6. The van der Waals surface area contributed by atoms with E-state index in [0.29, 0.717) is 0 Å². The number of hydrogen-bond donors (Lipinski definition) is 3. The summed E-state index contributed by atoms with van der Waals surface area (Å²) < 4.78 is 5.43. The van der Waals surface area contributed by atoms with E-state index in [1.807, 2.05) is 36.4 Å². The van der Waals surface area contributed by atoms with Crippen LogP contribution in [0, 0.1) is 5.92 Å². The van der Waals surface area contributed by atoms with Crippen molar-refractivity contribution in [3.05, 3.63) is 59.7 Å². The zero-order valence-electron chi connectivity index (χ0n) is 17.4. The van der Waals surface area contributed by atoms with Crippen LogP contribution in [0.2, 0.25) is 0 Å². The highest BCUT2D eigenvalue weighted by atomic mass is 16.5. The van der Waals surface area contributed by atoms with E-state index in [0.717, 1.165) is 35.1 Å². The first-order chi connectivity index (χ1) is 14.9. The van der Waals surface area contributed by atoms with Crippen molar-refractivity contribution in [1.29, 1.82) is 0 Å². The largest absolute Gasteiger partial charge is 0.480 e. The van der Waals surface area contributed by atoms with Gasteiger partial charge in [-0.05, 0) is 47.9 Å². The molecule has 0 spiro atoms. The van der Waals surface area contributed by atoms with Gasteiger partial charge < -0.3 is 20.5 Å². The van der Waals surface area contributed by atoms with Crippen molar-refractivity contribution >= 4 is 18.0 Å². The predicted octanol–water partition coefficient (Wildman–Crippen LogP) is 3.28. The Hall–Kier alpha value is -3.35. The van der Waals surface area contributed by atoms with E-state index in [2.05, 4.69) is 22.8 Å². The van der Waals surface area contributed by atoms with Crippen LogP contribution in [-0.2, 0) is 14.3 Å². The van der Waals surface area contributed by atoms with Crippen LogP contribution in [0.25, 0.3) is 11.1 Å². The van der Waals surface area contributed by atoms with Crippen molar-refractivity contribution in [2.45, 2.75) is 37.6 Å². The van der Waals surface area contributed by atoms with Crippen LogP contribution in [0.4, 0.5) is 4.79 Å². The van der Waals surface area contributed by atoms with E-state index >= 15 is 0 Å². The second-order valence-corrected chi connectivity index (χ2v) is 8.33. The molecule has 7 heteroatoms. The number of fused-ring (bicyclic) bond motifs is 3. The lowest BCUT2D eigenvalue weighted by molar-refractivity contribution is -0.147. The molecule has 31 heavy (non-hydrogen) atoms. The van der Waals surface area contributed by atoms with Gasteiger partial charge in [-0.3, -0.25) is 4.79 Å². The third-order valence-electron chi connectivity index (χ3n) is 6.20. The molecule has 1 fully saturated rings. The minimum absolute atomic E-state index is 0.0141. The Morgan fingerprint density at radius 1 is 1.03 bits per heavy atom. The smallest absolute Gasteiger partial charge is 0.407 e. The average molecular weight is 422 g/mol. The topological polar surface area (TPSA) is 105 Å². The Morgan fingerprint density at radius 2 is 1.61 bits per heavy atom. The predicted molar refractivity (Wildman–Crippen MR) is 115 cm³/mol. The van der Waals surface area contributed by atoms with E-state index in [1.165, 1.54) is 6.92 Å². The summed E-state index contributed by atoms with van der Waals surface area (Å²) in [6, 6.07) is 16.2. The molecule has 0 saturated heterocycles. The Bertz CT molecular complexity index is 971. The molecule has 7 nitrogen and oxygen atoms in total. The van der Waals surface area contributed by atoms with E-state index in [4.69, 9.17) is 4.74 Å². The molecule has 162 valence electrons. The average Bonchev–Trinajstić information content (AvgIpc) is 3.56. The highest BCUT2D eigenvalue weighted by Gasteiger charge is 2.48. The van der Waals surface area contributed by atoms with Crippen molar-refractivity contribution in [1.82, 2.24) is 10.6 Å². The van der Waals surface area contributed by atoms with Gasteiger partial charge in [0.15, 0.2) is 0 Å². The SMILES string of the molecule is CC(NC(=O)CCNC(=O)OCC1c2ccccc2-c2ccccc21)(C(=O)O)C1CC1. The van der Waals surface area contributed by atoms with Gasteiger partial charge in [-0.2, -0.15) is 0 Å². The van der Waals surface area contributed by atoms with Crippen molar-refractivity contribution in [2.24, 2.45) is 5.92 Å². The van der Waals surface area contributed by atoms with Crippen LogP contribution in [-0.4, -0.2) is 41.8 Å². The van der Waals surface area contributed by atoms with Gasteiger partial charge in [0.1, 0.15) is 12.1 Å². The number of carboxylic acids is 1. The number of ether oxygens (including phenoxy) is 1. The molecular formula is C24H26N2O5. The number of carbonyl (C=O) groups excluding carboxylic acids is 2. The van der Waals surface area contributed by atoms with Gasteiger partial charge in [-0.25, -0.2) is 9.59 Å². The van der Waals surface area contributed by atoms with Gasteiger partial charge >= 0.3 is 12.1 Å². The lowest BCUT2D eigenvalue weighted by Crippen LogP contribution is -2.54. The molecule has 3 N–H and O–H groups in total. The summed E-state index contributed by atoms with van der Waals surface area (Å²) in [6.45, 7) is 1.80. The van der Waals surface area contributed by atoms with Gasteiger partial charge in [0.25, 0.3) is 0 Å². The van der Waals surface area contributed by atoms with Gasteiger partial charge in [0.05, 0.1) is 0 Å². The maximum Gasteiger partial charge on any atom is 0.407 e. The van der Waals surface area contributed by atoms with E-state index in [-0.39, 0.29) is 31.4 Å². The van der Waals surface area contributed by atoms with Gasteiger partial charge in [-0.15, -0.1) is 0 Å². The molecule has 2 aliphatic carbocycles. The first-order valence-corrected chi connectivity index (χ1v) is 10.5. The van der Waals surface area contributed by atoms with E-state index in [9.17, 15) is 19.5 Å². The van der Waals surface area contributed by atoms with Crippen molar-refractivity contribution in [2.75, 3.05) is 13.2 Å². The van der Waals surface area contributed by atoms with Crippen molar-refractivity contribution in [3.63, 3.8) is 0 Å². The molecule has 0 aromatic heterocycles. The van der Waals surface area contributed by atoms with Crippen LogP contribution in [0.3, 0.4) is 0 Å². The highest BCUT2D eigenvalue weighted by Crippen LogP contribution is 2.44. The molecule has 0 bridgehead atoms. The zero-order chi connectivity index (χ0) is 22.0. The summed E-state index contributed by atoms with van der Waals surface area (Å²) in [5.74, 6) is -1.51. The maximum atomic E-state index is 12.2. The molecule has 2 amide bonds. The number of carbonyl (C=O) groups is 3. The van der Waals surface area contributed by atoms with Crippen molar-refractivity contribution in [3.8, 4) is 11.1 Å². The van der Waals surface area contributed by atoms with Crippen LogP contribution in [0.5, 0.6) is 0 Å². The lowest BCUT2D eigenvalue weighted by atomic mass is 9.96. The molecule has 2 aliphatic rings. The summed E-state index contributed by atoms with van der Waals surface area (Å²) in [7, 11) is 0. The quantitative estimate of drug-likeness (QED) is 0.606. The molecule has 0 aliphatic heterocycles. The molecule has 0 radical (unpaired) electrons. The number of rotatable bonds is 8. The first-order valence-electron chi connectivity index (χ1n) is 10.5. The third-order valence-corrected chi connectivity index (χ3v) is 6.20. The second-order valence-electron chi connectivity index (χ2n) is 8.33.